The van der Waals surface area contributed by atoms with E-state index in [1.165, 1.54) is 0 Å². The zero-order chi connectivity index (χ0) is 15.5. The maximum Gasteiger partial charge on any atom is 0.227 e. The monoisotopic (exact) mass is 313 g/mol. The van der Waals surface area contributed by atoms with Gasteiger partial charge in [-0.3, -0.25) is 4.79 Å². The number of benzene rings is 1. The lowest BCUT2D eigenvalue weighted by Crippen LogP contribution is -2.46. The van der Waals surface area contributed by atoms with Crippen molar-refractivity contribution in [2.24, 2.45) is 5.92 Å². The largest absolute Gasteiger partial charge is 0.329 e. The fourth-order valence-corrected chi connectivity index (χ4v) is 2.97. The van der Waals surface area contributed by atoms with Crippen molar-refractivity contribution in [3.63, 3.8) is 0 Å². The van der Waals surface area contributed by atoms with Crippen LogP contribution in [0, 0.1) is 17.4 Å². The molecule has 0 radical (unpaired) electrons. The Labute approximate surface area is 134 Å². The second kappa shape index (κ2) is 6.25. The van der Waals surface area contributed by atoms with Crippen LogP contribution in [0.15, 0.2) is 42.1 Å². The number of allylic oxidation sites excluding steroid dienone is 3. The first-order valence-corrected chi connectivity index (χ1v) is 7.65. The maximum atomic E-state index is 12.1. The van der Waals surface area contributed by atoms with E-state index in [4.69, 9.17) is 16.9 Å². The molecule has 0 atom stereocenters. The zero-order valence-corrected chi connectivity index (χ0v) is 12.7. The number of hydrogen-bond acceptors (Lipinski definition) is 3. The molecule has 0 spiro atoms. The first-order chi connectivity index (χ1) is 10.7. The van der Waals surface area contributed by atoms with E-state index in [1.54, 1.807) is 0 Å². The molecular weight excluding hydrogens is 298 g/mol. The average Bonchev–Trinajstić information content (AvgIpc) is 2.90. The molecule has 0 bridgehead atoms. The van der Waals surface area contributed by atoms with E-state index in [1.807, 2.05) is 36.5 Å². The van der Waals surface area contributed by atoms with Crippen molar-refractivity contribution in [3.05, 3.63) is 52.7 Å². The highest BCUT2D eigenvalue weighted by Crippen LogP contribution is 2.30. The Morgan fingerprint density at radius 2 is 2.18 bits per heavy atom. The van der Waals surface area contributed by atoms with E-state index in [9.17, 15) is 4.79 Å². The molecule has 1 amide bonds. The highest BCUT2D eigenvalue weighted by atomic mass is 35.5. The van der Waals surface area contributed by atoms with Crippen molar-refractivity contribution in [2.75, 3.05) is 0 Å². The van der Waals surface area contributed by atoms with Gasteiger partial charge in [0.05, 0.1) is 0 Å². The lowest BCUT2D eigenvalue weighted by Gasteiger charge is -2.33. The van der Waals surface area contributed by atoms with Crippen LogP contribution in [0.5, 0.6) is 0 Å². The molecule has 1 aromatic rings. The second-order valence-electron chi connectivity index (χ2n) is 5.65. The third-order valence-electron chi connectivity index (χ3n) is 4.09. The van der Waals surface area contributed by atoms with Crippen molar-refractivity contribution in [2.45, 2.75) is 25.3 Å². The molecule has 1 fully saturated rings. The van der Waals surface area contributed by atoms with Crippen LogP contribution in [0.2, 0.25) is 5.02 Å². The van der Waals surface area contributed by atoms with Gasteiger partial charge in [0.1, 0.15) is 0 Å². The van der Waals surface area contributed by atoms with E-state index in [0.717, 1.165) is 36.1 Å². The first-order valence-electron chi connectivity index (χ1n) is 7.28. The minimum atomic E-state index is 0.00182. The first kappa shape index (κ1) is 14.7. The standard InChI is InChI=1S/C17H16ClN3O/c18-14-3-1-2-11(6-14)12-4-5-15(7-12)21-17(22)13-8-16(9-13)20-10-19/h1-4,6-7,13,16,20H,5,8-9H2,(H,21,22). The number of hydrogen-bond donors (Lipinski definition) is 2. The molecule has 0 heterocycles. The van der Waals surface area contributed by atoms with Gasteiger partial charge in [-0.25, -0.2) is 0 Å². The van der Waals surface area contributed by atoms with Gasteiger partial charge in [0, 0.05) is 29.1 Å². The molecule has 1 saturated carbocycles. The Balaban J connectivity index is 1.56. The third-order valence-corrected chi connectivity index (χ3v) is 4.33. The summed E-state index contributed by atoms with van der Waals surface area (Å²) in [4.78, 5) is 12.1. The summed E-state index contributed by atoms with van der Waals surface area (Å²) in [5.41, 5.74) is 3.05. The molecule has 0 aromatic heterocycles. The van der Waals surface area contributed by atoms with E-state index in [0.29, 0.717) is 5.02 Å². The van der Waals surface area contributed by atoms with Gasteiger partial charge in [-0.15, -0.1) is 0 Å². The Bertz CT molecular complexity index is 696. The van der Waals surface area contributed by atoms with E-state index >= 15 is 0 Å². The molecule has 0 aliphatic heterocycles. The molecule has 0 saturated heterocycles. The van der Waals surface area contributed by atoms with Crippen molar-refractivity contribution in [1.82, 2.24) is 10.6 Å². The molecule has 0 unspecified atom stereocenters. The number of halogens is 1. The number of nitrogens with zero attached hydrogens (tertiary/aromatic N) is 1. The van der Waals surface area contributed by atoms with Crippen LogP contribution in [0.25, 0.3) is 5.57 Å². The van der Waals surface area contributed by atoms with E-state index < -0.39 is 0 Å². The van der Waals surface area contributed by atoms with E-state index in [-0.39, 0.29) is 17.9 Å². The highest BCUT2D eigenvalue weighted by Gasteiger charge is 2.34. The second-order valence-corrected chi connectivity index (χ2v) is 6.09. The van der Waals surface area contributed by atoms with Gasteiger partial charge >= 0.3 is 0 Å². The van der Waals surface area contributed by atoms with E-state index in [2.05, 4.69) is 16.7 Å². The molecule has 2 aliphatic carbocycles. The Morgan fingerprint density at radius 1 is 1.36 bits per heavy atom. The van der Waals surface area contributed by atoms with Crippen LogP contribution < -0.4 is 10.6 Å². The summed E-state index contributed by atoms with van der Waals surface area (Å²) >= 11 is 6.00. The molecule has 5 heteroatoms. The average molecular weight is 314 g/mol. The van der Waals surface area contributed by atoms with Crippen LogP contribution in [0.3, 0.4) is 0 Å². The summed E-state index contributed by atoms with van der Waals surface area (Å²) < 4.78 is 0. The quantitative estimate of drug-likeness (QED) is 0.663. The number of carbonyl (C=O) groups excluding carboxylic acids is 1. The minimum absolute atomic E-state index is 0.00182. The summed E-state index contributed by atoms with van der Waals surface area (Å²) in [6, 6.07) is 7.83. The van der Waals surface area contributed by atoms with Gasteiger partial charge in [0.25, 0.3) is 0 Å². The minimum Gasteiger partial charge on any atom is -0.329 e. The Hall–Kier alpha value is -2.25. The molecule has 2 aliphatic rings. The summed E-state index contributed by atoms with van der Waals surface area (Å²) in [5, 5.41) is 14.9. The Kier molecular flexibility index (Phi) is 4.17. The smallest absolute Gasteiger partial charge is 0.227 e. The van der Waals surface area contributed by atoms with Crippen LogP contribution in [-0.2, 0) is 4.79 Å². The predicted molar refractivity (Wildman–Crippen MR) is 85.5 cm³/mol. The van der Waals surface area contributed by atoms with Gasteiger partial charge in [0.15, 0.2) is 6.19 Å². The molecule has 2 N–H and O–H groups in total. The fourth-order valence-electron chi connectivity index (χ4n) is 2.78. The zero-order valence-electron chi connectivity index (χ0n) is 12.0. The molecule has 3 rings (SSSR count). The summed E-state index contributed by atoms with van der Waals surface area (Å²) in [7, 11) is 0. The molecule has 1 aromatic carbocycles. The number of nitriles is 1. The number of nitrogens with one attached hydrogen (secondary N) is 2. The van der Waals surface area contributed by atoms with Gasteiger partial charge in [-0.2, -0.15) is 5.26 Å². The molecular formula is C17H16ClN3O. The summed E-state index contributed by atoms with van der Waals surface area (Å²) in [5.74, 6) is 0.0463. The normalized spacial score (nSPS) is 22.9. The van der Waals surface area contributed by atoms with Crippen LogP contribution in [0.4, 0.5) is 0 Å². The SMILES string of the molecule is N#CNC1CC(C(=O)NC2=CC(c3cccc(Cl)c3)=CC2)C1. The van der Waals surface area contributed by atoms with Crippen molar-refractivity contribution in [3.8, 4) is 6.19 Å². The number of carbonyl (C=O) groups is 1. The van der Waals surface area contributed by atoms with Gasteiger partial charge in [0.2, 0.25) is 5.91 Å². The number of rotatable bonds is 4. The topological polar surface area (TPSA) is 64.9 Å². The number of amides is 1. The fraction of sp³-hybridized carbons (Fsp3) is 0.294. The highest BCUT2D eigenvalue weighted by molar-refractivity contribution is 6.30. The van der Waals surface area contributed by atoms with Crippen LogP contribution in [0.1, 0.15) is 24.8 Å². The summed E-state index contributed by atoms with van der Waals surface area (Å²) in [6.45, 7) is 0. The van der Waals surface area contributed by atoms with Crippen LogP contribution >= 0.6 is 11.6 Å². The molecule has 4 nitrogen and oxygen atoms in total. The van der Waals surface area contributed by atoms with Crippen molar-refractivity contribution < 1.29 is 4.79 Å². The lowest BCUT2D eigenvalue weighted by atomic mass is 9.79. The van der Waals surface area contributed by atoms with Crippen molar-refractivity contribution in [1.29, 1.82) is 5.26 Å². The molecule has 112 valence electrons. The summed E-state index contributed by atoms with van der Waals surface area (Å²) in [6.07, 6.45) is 8.17. The molecule has 22 heavy (non-hydrogen) atoms. The van der Waals surface area contributed by atoms with Crippen molar-refractivity contribution >= 4 is 23.1 Å². The van der Waals surface area contributed by atoms with Crippen LogP contribution in [-0.4, -0.2) is 11.9 Å². The predicted octanol–water partition coefficient (Wildman–Crippen LogP) is 2.98. The van der Waals surface area contributed by atoms with Gasteiger partial charge < -0.3 is 10.6 Å². The lowest BCUT2D eigenvalue weighted by molar-refractivity contribution is -0.127. The maximum absolute atomic E-state index is 12.1. The van der Waals surface area contributed by atoms with Gasteiger partial charge in [-0.1, -0.05) is 29.8 Å². The Morgan fingerprint density at radius 3 is 2.91 bits per heavy atom. The van der Waals surface area contributed by atoms with Gasteiger partial charge in [-0.05, 0) is 42.2 Å². The third kappa shape index (κ3) is 3.15.